The van der Waals surface area contributed by atoms with Crippen molar-refractivity contribution in [3.8, 4) is 0 Å². The molecule has 4 aliphatic rings. The molecule has 6 rings (SSSR count). The minimum absolute atomic E-state index is 0.117. The van der Waals surface area contributed by atoms with Crippen molar-refractivity contribution in [2.45, 2.75) is 101 Å². The van der Waals surface area contributed by atoms with Crippen LogP contribution in [0.5, 0.6) is 0 Å². The Morgan fingerprint density at radius 1 is 1.03 bits per heavy atom. The number of carbonyl (C=O) groups is 2. The quantitative estimate of drug-likeness (QED) is 0.437. The summed E-state index contributed by atoms with van der Waals surface area (Å²) in [5.41, 5.74) is 0.854. The molecule has 206 valence electrons. The molecule has 13 heteroatoms. The number of imidazole rings is 1. The summed E-state index contributed by atoms with van der Waals surface area (Å²) < 4.78 is 20.9. The molecule has 4 atom stereocenters. The largest absolute Gasteiger partial charge is 0.395 e. The molecule has 0 radical (unpaired) electrons. The summed E-state index contributed by atoms with van der Waals surface area (Å²) in [6.45, 7) is -0.0591. The summed E-state index contributed by atoms with van der Waals surface area (Å²) in [4.78, 5) is 38.8. The van der Waals surface area contributed by atoms with Crippen LogP contribution < -0.4 is 16.0 Å². The molecule has 0 aromatic carbocycles. The topological polar surface area (TPSA) is 162 Å². The summed E-state index contributed by atoms with van der Waals surface area (Å²) >= 11 is 0. The molecule has 2 aromatic heterocycles. The number of anilines is 1. The standard InChI is InChI=1S/C25H35N7O6/c33-12-11-26-22(34)18-17-19(38-25(37-17)9-5-2-6-10-25)23(36-18)32-14-29-16-20(27-13-28-21(16)32)31-24(35)30-15-7-3-1-4-8-15/h13-15,17-19,23,33H,1-12H2,(H,26,34)(H2,27,28,30,31,35)/t17-,18+,19-,23-/m1/s1. The molecule has 0 bridgehead atoms. The van der Waals surface area contributed by atoms with E-state index >= 15 is 0 Å². The zero-order valence-corrected chi connectivity index (χ0v) is 21.3. The van der Waals surface area contributed by atoms with Gasteiger partial charge in [0.25, 0.3) is 5.91 Å². The fourth-order valence-electron chi connectivity index (χ4n) is 6.16. The highest BCUT2D eigenvalue weighted by atomic mass is 16.8. The number of hydrogen-bond donors (Lipinski definition) is 4. The van der Waals surface area contributed by atoms with E-state index in [-0.39, 0.29) is 31.1 Å². The monoisotopic (exact) mass is 529 g/mol. The lowest BCUT2D eigenvalue weighted by Gasteiger charge is -2.34. The number of fused-ring (bicyclic) bond motifs is 2. The van der Waals surface area contributed by atoms with Crippen molar-refractivity contribution < 1.29 is 28.9 Å². The van der Waals surface area contributed by atoms with Gasteiger partial charge in [-0.15, -0.1) is 0 Å². The zero-order valence-electron chi connectivity index (χ0n) is 21.3. The Bertz CT molecular complexity index is 1160. The van der Waals surface area contributed by atoms with Crippen molar-refractivity contribution >= 4 is 28.9 Å². The molecule has 2 aliphatic heterocycles. The fraction of sp³-hybridized carbons (Fsp3) is 0.720. The molecular formula is C25H35N7O6. The highest BCUT2D eigenvalue weighted by molar-refractivity contribution is 5.96. The van der Waals surface area contributed by atoms with E-state index in [1.807, 2.05) is 0 Å². The Morgan fingerprint density at radius 2 is 1.79 bits per heavy atom. The van der Waals surface area contributed by atoms with E-state index in [2.05, 4.69) is 30.9 Å². The van der Waals surface area contributed by atoms with Crippen molar-refractivity contribution in [3.63, 3.8) is 0 Å². The first-order valence-corrected chi connectivity index (χ1v) is 13.7. The molecule has 3 amide bonds. The number of amides is 3. The van der Waals surface area contributed by atoms with Gasteiger partial charge in [-0.2, -0.15) is 0 Å². The van der Waals surface area contributed by atoms with Crippen molar-refractivity contribution in [1.29, 1.82) is 0 Å². The van der Waals surface area contributed by atoms with Crippen LogP contribution in [0.4, 0.5) is 10.6 Å². The number of ether oxygens (including phenoxy) is 3. The zero-order chi connectivity index (χ0) is 26.1. The first-order valence-electron chi connectivity index (χ1n) is 13.7. The summed E-state index contributed by atoms with van der Waals surface area (Å²) in [5, 5.41) is 17.7. The predicted octanol–water partition coefficient (Wildman–Crippen LogP) is 1.73. The van der Waals surface area contributed by atoms with Crippen molar-refractivity contribution in [1.82, 2.24) is 30.2 Å². The van der Waals surface area contributed by atoms with Gasteiger partial charge in [-0.1, -0.05) is 25.7 Å². The molecule has 13 nitrogen and oxygen atoms in total. The number of carbonyl (C=O) groups excluding carboxylic acids is 2. The van der Waals surface area contributed by atoms with E-state index in [9.17, 15) is 14.7 Å². The molecule has 1 spiro atoms. The van der Waals surface area contributed by atoms with Gasteiger partial charge in [-0.05, 0) is 25.7 Å². The number of nitrogens with one attached hydrogen (secondary N) is 3. The second kappa shape index (κ2) is 10.7. The van der Waals surface area contributed by atoms with Crippen molar-refractivity contribution in [2.75, 3.05) is 18.5 Å². The van der Waals surface area contributed by atoms with E-state index in [1.54, 1.807) is 10.9 Å². The minimum atomic E-state index is -0.920. The average Bonchev–Trinajstić information content (AvgIpc) is 3.60. The number of nitrogens with zero attached hydrogens (tertiary/aromatic N) is 4. The Balaban J connectivity index is 1.25. The molecule has 2 saturated carbocycles. The number of urea groups is 1. The third-order valence-electron chi connectivity index (χ3n) is 7.98. The SMILES string of the molecule is O=C(Nc1ncnc2c1ncn2[C@@H]1O[C@H](C(=O)NCCO)[C@H]2OC3(CCCCC3)O[C@H]21)NC1CCCCC1. The van der Waals surface area contributed by atoms with Gasteiger partial charge in [0, 0.05) is 25.4 Å². The molecule has 4 fully saturated rings. The van der Waals surface area contributed by atoms with Gasteiger partial charge < -0.3 is 30.0 Å². The lowest BCUT2D eigenvalue weighted by Crippen LogP contribution is -2.44. The number of aromatic nitrogens is 4. The van der Waals surface area contributed by atoms with Crippen LogP contribution in [-0.2, 0) is 19.0 Å². The number of aliphatic hydroxyl groups excluding tert-OH is 1. The molecule has 4 heterocycles. The number of rotatable bonds is 6. The second-order valence-electron chi connectivity index (χ2n) is 10.6. The third-order valence-corrected chi connectivity index (χ3v) is 7.98. The van der Waals surface area contributed by atoms with Gasteiger partial charge in [-0.25, -0.2) is 19.7 Å². The van der Waals surface area contributed by atoms with E-state index in [4.69, 9.17) is 14.2 Å². The van der Waals surface area contributed by atoms with Crippen molar-refractivity contribution in [2.24, 2.45) is 0 Å². The van der Waals surface area contributed by atoms with Crippen molar-refractivity contribution in [3.05, 3.63) is 12.7 Å². The predicted molar refractivity (Wildman–Crippen MR) is 134 cm³/mol. The minimum Gasteiger partial charge on any atom is -0.395 e. The lowest BCUT2D eigenvalue weighted by atomic mass is 9.94. The van der Waals surface area contributed by atoms with Gasteiger partial charge in [0.05, 0.1) is 12.9 Å². The van der Waals surface area contributed by atoms with Crippen LogP contribution in [0.15, 0.2) is 12.7 Å². The van der Waals surface area contributed by atoms with E-state index in [1.165, 1.54) is 12.7 Å². The maximum absolute atomic E-state index is 12.9. The lowest BCUT2D eigenvalue weighted by molar-refractivity contribution is -0.229. The summed E-state index contributed by atoms with van der Waals surface area (Å²) in [5.74, 6) is -0.810. The Kier molecular flexibility index (Phi) is 7.16. The first-order chi connectivity index (χ1) is 18.6. The van der Waals surface area contributed by atoms with Crippen LogP contribution in [0.25, 0.3) is 11.2 Å². The summed E-state index contributed by atoms with van der Waals surface area (Å²) in [6, 6.07) is -0.168. The molecule has 2 aromatic rings. The molecule has 4 N–H and O–H groups in total. The smallest absolute Gasteiger partial charge is 0.320 e. The van der Waals surface area contributed by atoms with E-state index in [0.717, 1.165) is 57.8 Å². The second-order valence-corrected chi connectivity index (χ2v) is 10.6. The van der Waals surface area contributed by atoms with Crippen LogP contribution in [0.3, 0.4) is 0 Å². The van der Waals surface area contributed by atoms with Crippen LogP contribution in [0.1, 0.15) is 70.4 Å². The number of aliphatic hydroxyl groups is 1. The van der Waals surface area contributed by atoms with Crippen LogP contribution in [0.2, 0.25) is 0 Å². The van der Waals surface area contributed by atoms with Gasteiger partial charge in [-0.3, -0.25) is 14.7 Å². The first kappa shape index (κ1) is 25.4. The molecule has 2 saturated heterocycles. The molecule has 38 heavy (non-hydrogen) atoms. The summed E-state index contributed by atoms with van der Waals surface area (Å²) in [7, 11) is 0. The molecule has 0 unspecified atom stereocenters. The maximum Gasteiger partial charge on any atom is 0.320 e. The van der Waals surface area contributed by atoms with E-state index < -0.39 is 30.3 Å². The van der Waals surface area contributed by atoms with Crippen LogP contribution >= 0.6 is 0 Å². The highest BCUT2D eigenvalue weighted by Crippen LogP contribution is 2.49. The fourth-order valence-corrected chi connectivity index (χ4v) is 6.16. The summed E-state index contributed by atoms with van der Waals surface area (Å²) in [6.07, 6.45) is 10.1. The number of hydrogen-bond acceptors (Lipinski definition) is 9. The molecular weight excluding hydrogens is 494 g/mol. The van der Waals surface area contributed by atoms with Gasteiger partial charge in [0.2, 0.25) is 0 Å². The Labute approximate surface area is 220 Å². The average molecular weight is 530 g/mol. The van der Waals surface area contributed by atoms with E-state index in [0.29, 0.717) is 17.0 Å². The maximum atomic E-state index is 12.9. The van der Waals surface area contributed by atoms with Crippen LogP contribution in [-0.4, -0.2) is 79.9 Å². The normalized spacial score (nSPS) is 28.9. The third kappa shape index (κ3) is 4.83. The van der Waals surface area contributed by atoms with Gasteiger partial charge >= 0.3 is 6.03 Å². The van der Waals surface area contributed by atoms with Crippen LogP contribution in [0, 0.1) is 0 Å². The Hall–Kier alpha value is -2.87. The molecule has 2 aliphatic carbocycles. The highest BCUT2D eigenvalue weighted by Gasteiger charge is 2.60. The Morgan fingerprint density at radius 3 is 2.58 bits per heavy atom. The van der Waals surface area contributed by atoms with Gasteiger partial charge in [0.15, 0.2) is 35.1 Å². The van der Waals surface area contributed by atoms with Gasteiger partial charge in [0.1, 0.15) is 18.5 Å².